The van der Waals surface area contributed by atoms with E-state index in [4.69, 9.17) is 20.9 Å². The van der Waals surface area contributed by atoms with E-state index < -0.39 is 47.1 Å². The first-order chi connectivity index (χ1) is 19.6. The molecule has 1 aliphatic heterocycles. The summed E-state index contributed by atoms with van der Waals surface area (Å²) in [6.07, 6.45) is -8.64. The Labute approximate surface area is 236 Å². The average Bonchev–Trinajstić information content (AvgIpc) is 2.93. The normalized spacial score (nSPS) is 19.7. The number of aromatic nitrogens is 3. The first kappa shape index (κ1) is 30.8. The summed E-state index contributed by atoms with van der Waals surface area (Å²) < 4.78 is 93.9. The maximum atomic E-state index is 13.9. The van der Waals surface area contributed by atoms with E-state index in [1.165, 1.54) is 36.5 Å². The number of alkyl halides is 6. The van der Waals surface area contributed by atoms with Crippen LogP contribution in [0.2, 0.25) is 0 Å². The number of benzene rings is 1. The molecule has 0 saturated heterocycles. The summed E-state index contributed by atoms with van der Waals surface area (Å²) in [6, 6.07) is 4.23. The van der Waals surface area contributed by atoms with Crippen molar-refractivity contribution in [3.63, 3.8) is 0 Å². The van der Waals surface area contributed by atoms with Crippen molar-refractivity contribution >= 4 is 17.5 Å². The number of ether oxygens (including phenoxy) is 2. The molecule has 0 radical (unpaired) electrons. The zero-order valence-corrected chi connectivity index (χ0v) is 22.8. The van der Waals surface area contributed by atoms with Crippen LogP contribution in [-0.4, -0.2) is 40.4 Å². The van der Waals surface area contributed by atoms with Crippen LogP contribution in [-0.2, 0) is 17.1 Å². The molecule has 3 aromatic rings. The monoisotopic (exact) mass is 598 g/mol. The summed E-state index contributed by atoms with van der Waals surface area (Å²) in [6.45, 7) is 3.30. The van der Waals surface area contributed by atoms with E-state index in [9.17, 15) is 31.1 Å². The molecule has 226 valence electrons. The quantitative estimate of drug-likeness (QED) is 0.338. The van der Waals surface area contributed by atoms with Gasteiger partial charge in [0.05, 0.1) is 65.9 Å². The summed E-state index contributed by atoms with van der Waals surface area (Å²) >= 11 is 0. The number of hydrogen-bond acceptors (Lipinski definition) is 8. The third kappa shape index (κ3) is 5.91. The summed E-state index contributed by atoms with van der Waals surface area (Å²) in [4.78, 5) is 27.2. The number of nitrogens with zero attached hydrogens (tertiary/aromatic N) is 4. The van der Waals surface area contributed by atoms with Crippen molar-refractivity contribution in [1.82, 2.24) is 15.0 Å². The van der Waals surface area contributed by atoms with Crippen LogP contribution in [0.4, 0.5) is 42.5 Å². The van der Waals surface area contributed by atoms with E-state index in [0.29, 0.717) is 12.1 Å². The van der Waals surface area contributed by atoms with E-state index in [2.05, 4.69) is 15.0 Å². The minimum atomic E-state index is -5.10. The predicted molar refractivity (Wildman–Crippen MR) is 140 cm³/mol. The molecule has 1 aromatic carbocycles. The number of carbonyl (C=O) groups is 1. The average molecular weight is 599 g/mol. The maximum absolute atomic E-state index is 13.9. The number of methoxy groups -OCH3 is 1. The molecule has 15 heteroatoms. The summed E-state index contributed by atoms with van der Waals surface area (Å²) in [5, 5.41) is 0. The Morgan fingerprint density at radius 1 is 1.07 bits per heavy atom. The summed E-state index contributed by atoms with van der Waals surface area (Å²) in [5.74, 6) is -2.41. The Hall–Kier alpha value is -4.14. The van der Waals surface area contributed by atoms with Crippen LogP contribution in [0.1, 0.15) is 66.7 Å². The van der Waals surface area contributed by atoms with Gasteiger partial charge in [-0.1, -0.05) is 6.92 Å². The number of rotatable bonds is 6. The molecule has 4 rings (SSSR count). The summed E-state index contributed by atoms with van der Waals surface area (Å²) in [5.41, 5.74) is 8.01. The van der Waals surface area contributed by atoms with E-state index >= 15 is 0 Å². The molecule has 1 aliphatic rings. The van der Waals surface area contributed by atoms with Gasteiger partial charge in [0.2, 0.25) is 5.88 Å². The summed E-state index contributed by atoms with van der Waals surface area (Å²) in [7, 11) is 1.33. The van der Waals surface area contributed by atoms with E-state index in [1.807, 2.05) is 0 Å². The van der Waals surface area contributed by atoms with Gasteiger partial charge in [0.25, 0.3) is 0 Å². The van der Waals surface area contributed by atoms with Crippen molar-refractivity contribution in [2.24, 2.45) is 5.73 Å². The van der Waals surface area contributed by atoms with Gasteiger partial charge in [-0.15, -0.1) is 0 Å². The molecule has 42 heavy (non-hydrogen) atoms. The number of nitrogen functional groups attached to an aromatic ring is 1. The zero-order chi connectivity index (χ0) is 31.0. The Morgan fingerprint density at radius 3 is 2.17 bits per heavy atom. The van der Waals surface area contributed by atoms with Crippen LogP contribution >= 0.6 is 0 Å². The molecule has 3 heterocycles. The molecule has 0 spiro atoms. The number of anilines is 2. The Balaban J connectivity index is 2.06. The largest absolute Gasteiger partial charge is 0.481 e. The predicted octanol–water partition coefficient (Wildman–Crippen LogP) is 5.85. The van der Waals surface area contributed by atoms with Gasteiger partial charge in [0.15, 0.2) is 0 Å². The van der Waals surface area contributed by atoms with Gasteiger partial charge in [0, 0.05) is 12.0 Å². The standard InChI is InChI=1S/C27H28F6N6O3/c1-4-25(35)11-18(22-19(6-7-20(38-22)41-3)39(25)24(40)42-5-2)21(23-36-12-17(34)13-37-23)14-8-15(26(28,29)30)10-16(9-14)27(31,32)33/h6-10,12-13,18,21H,4-5,11,34-35H2,1-3H3/t18-,21?,25+/m0/s1. The van der Waals surface area contributed by atoms with Crippen LogP contribution < -0.4 is 21.1 Å². The first-order valence-corrected chi connectivity index (χ1v) is 12.8. The number of nitrogens with two attached hydrogens (primary N) is 2. The maximum Gasteiger partial charge on any atom is 0.416 e. The van der Waals surface area contributed by atoms with Crippen LogP contribution in [0, 0.1) is 0 Å². The fraction of sp³-hybridized carbons (Fsp3) is 0.407. The Bertz CT molecular complexity index is 1420. The second kappa shape index (κ2) is 11.3. The molecule has 3 atom stereocenters. The van der Waals surface area contributed by atoms with Crippen molar-refractivity contribution in [3.05, 3.63) is 70.9 Å². The third-order valence-corrected chi connectivity index (χ3v) is 7.10. The molecule has 0 saturated carbocycles. The van der Waals surface area contributed by atoms with Gasteiger partial charge in [-0.05, 0) is 49.6 Å². The van der Waals surface area contributed by atoms with Gasteiger partial charge < -0.3 is 20.9 Å². The molecule has 4 N–H and O–H groups in total. The Kier molecular flexibility index (Phi) is 8.27. The zero-order valence-electron chi connectivity index (χ0n) is 22.8. The van der Waals surface area contributed by atoms with Gasteiger partial charge >= 0.3 is 18.4 Å². The van der Waals surface area contributed by atoms with Gasteiger partial charge in [-0.2, -0.15) is 26.3 Å². The topological polar surface area (TPSA) is 129 Å². The number of halogens is 6. The fourth-order valence-corrected chi connectivity index (χ4v) is 5.11. The first-order valence-electron chi connectivity index (χ1n) is 12.8. The molecule has 0 aliphatic carbocycles. The van der Waals surface area contributed by atoms with Crippen LogP contribution in [0.15, 0.2) is 42.7 Å². The molecule has 1 amide bonds. The molecule has 2 aromatic heterocycles. The van der Waals surface area contributed by atoms with Crippen molar-refractivity contribution in [3.8, 4) is 5.88 Å². The second-order valence-corrected chi connectivity index (χ2v) is 9.75. The van der Waals surface area contributed by atoms with Crippen molar-refractivity contribution in [2.75, 3.05) is 24.4 Å². The molecule has 1 unspecified atom stereocenters. The van der Waals surface area contributed by atoms with E-state index in [-0.39, 0.29) is 59.9 Å². The van der Waals surface area contributed by atoms with E-state index in [0.717, 1.165) is 0 Å². The lowest BCUT2D eigenvalue weighted by molar-refractivity contribution is -0.143. The lowest BCUT2D eigenvalue weighted by Crippen LogP contribution is -2.62. The highest BCUT2D eigenvalue weighted by atomic mass is 19.4. The highest BCUT2D eigenvalue weighted by Gasteiger charge is 2.49. The minimum Gasteiger partial charge on any atom is -0.481 e. The fourth-order valence-electron chi connectivity index (χ4n) is 5.11. The van der Waals surface area contributed by atoms with Crippen molar-refractivity contribution in [1.29, 1.82) is 0 Å². The van der Waals surface area contributed by atoms with Crippen molar-refractivity contribution < 1.29 is 40.6 Å². The number of carbonyl (C=O) groups excluding carboxylic acids is 1. The molecule has 9 nitrogen and oxygen atoms in total. The molecule has 0 fully saturated rings. The highest BCUT2D eigenvalue weighted by Crippen LogP contribution is 2.51. The van der Waals surface area contributed by atoms with Gasteiger partial charge in [-0.25, -0.2) is 19.7 Å². The minimum absolute atomic E-state index is 0.0177. The SMILES string of the molecule is CCOC(=O)N1c2ccc(OC)nc2[C@H](C(c2cc(C(F)(F)F)cc(C(F)(F)F)c2)c2ncc(N)cn2)C[C@@]1(N)CC. The van der Waals surface area contributed by atoms with Crippen LogP contribution in [0.5, 0.6) is 5.88 Å². The third-order valence-electron chi connectivity index (χ3n) is 7.10. The van der Waals surface area contributed by atoms with Crippen LogP contribution in [0.3, 0.4) is 0 Å². The lowest BCUT2D eigenvalue weighted by atomic mass is 9.73. The number of pyridine rings is 1. The number of hydrogen-bond donors (Lipinski definition) is 2. The number of amides is 1. The van der Waals surface area contributed by atoms with E-state index in [1.54, 1.807) is 13.8 Å². The highest BCUT2D eigenvalue weighted by molar-refractivity contribution is 5.91. The molecular formula is C27H28F6N6O3. The van der Waals surface area contributed by atoms with Crippen LogP contribution in [0.25, 0.3) is 0 Å². The second-order valence-electron chi connectivity index (χ2n) is 9.75. The molecule has 0 bridgehead atoms. The number of fused-ring (bicyclic) bond motifs is 1. The lowest BCUT2D eigenvalue weighted by Gasteiger charge is -2.47. The molecular weight excluding hydrogens is 570 g/mol. The Morgan fingerprint density at radius 2 is 1.67 bits per heavy atom. The van der Waals surface area contributed by atoms with Crippen molar-refractivity contribution in [2.45, 2.75) is 56.5 Å². The smallest absolute Gasteiger partial charge is 0.416 e. The van der Waals surface area contributed by atoms with Gasteiger partial charge in [0.1, 0.15) is 5.82 Å². The van der Waals surface area contributed by atoms with Gasteiger partial charge in [-0.3, -0.25) is 4.90 Å².